The standard InChI is InChI=1S/C35H29OPSi/c1-38(2,3)32-23-25-14-8-10-18-28(25)34-33-27-17-9-7-13-24(27)21-22-30(33)29-19-11-12-20-31(29)37(36,35(32)34)26-15-5-4-6-16-26/h4-23H,1-3H3. The number of fused-ring (bicyclic) bond motifs is 9. The molecule has 0 aliphatic carbocycles. The summed E-state index contributed by atoms with van der Waals surface area (Å²) < 4.78 is 16.2. The predicted octanol–water partition coefficient (Wildman–Crippen LogP) is 7.83. The summed E-state index contributed by atoms with van der Waals surface area (Å²) in [4.78, 5) is 0. The Kier molecular flexibility index (Phi) is 5.17. The van der Waals surface area contributed by atoms with Gasteiger partial charge in [0.15, 0.2) is 7.14 Å². The zero-order valence-corrected chi connectivity index (χ0v) is 23.8. The summed E-state index contributed by atoms with van der Waals surface area (Å²) in [6.07, 6.45) is 0. The van der Waals surface area contributed by atoms with Crippen LogP contribution in [0, 0.1) is 0 Å². The lowest BCUT2D eigenvalue weighted by molar-refractivity contribution is 0.592. The van der Waals surface area contributed by atoms with Crippen molar-refractivity contribution >= 4 is 57.9 Å². The highest BCUT2D eigenvalue weighted by molar-refractivity contribution is 7.86. The second-order valence-corrected chi connectivity index (χ2v) is 19.0. The molecule has 6 aromatic rings. The predicted molar refractivity (Wildman–Crippen MR) is 168 cm³/mol. The van der Waals surface area contributed by atoms with Crippen molar-refractivity contribution < 1.29 is 4.57 Å². The zero-order chi connectivity index (χ0) is 26.1. The summed E-state index contributed by atoms with van der Waals surface area (Å²) in [6, 6.07) is 42.8. The molecule has 0 aromatic heterocycles. The quantitative estimate of drug-likeness (QED) is 0.166. The highest BCUT2D eigenvalue weighted by Gasteiger charge is 2.42. The molecule has 184 valence electrons. The molecule has 0 amide bonds. The molecule has 1 aliphatic heterocycles. The molecular weight excluding hydrogens is 495 g/mol. The maximum atomic E-state index is 16.2. The molecule has 7 rings (SSSR count). The summed E-state index contributed by atoms with van der Waals surface area (Å²) >= 11 is 0. The summed E-state index contributed by atoms with van der Waals surface area (Å²) in [5.74, 6) is 0. The number of benzene rings is 6. The summed E-state index contributed by atoms with van der Waals surface area (Å²) in [5.41, 5.74) is 4.58. The van der Waals surface area contributed by atoms with Gasteiger partial charge in [-0.05, 0) is 43.4 Å². The van der Waals surface area contributed by atoms with Crippen LogP contribution >= 0.6 is 7.14 Å². The molecule has 0 saturated carbocycles. The molecule has 38 heavy (non-hydrogen) atoms. The van der Waals surface area contributed by atoms with E-state index in [4.69, 9.17) is 0 Å². The lowest BCUT2D eigenvalue weighted by atomic mass is 9.87. The third-order valence-corrected chi connectivity index (χ3v) is 13.4. The van der Waals surface area contributed by atoms with E-state index < -0.39 is 15.2 Å². The Balaban J connectivity index is 1.85. The topological polar surface area (TPSA) is 17.1 Å². The van der Waals surface area contributed by atoms with E-state index in [1.54, 1.807) is 0 Å². The maximum absolute atomic E-state index is 16.2. The number of hydrogen-bond acceptors (Lipinski definition) is 1. The molecule has 0 spiro atoms. The Morgan fingerprint density at radius 1 is 0.553 bits per heavy atom. The maximum Gasteiger partial charge on any atom is 0.172 e. The Hall–Kier alpha value is -3.71. The van der Waals surface area contributed by atoms with Crippen molar-refractivity contribution in [2.75, 3.05) is 0 Å². The van der Waals surface area contributed by atoms with E-state index in [2.05, 4.69) is 123 Å². The lowest BCUT2D eigenvalue weighted by Gasteiger charge is -2.30. The van der Waals surface area contributed by atoms with Crippen molar-refractivity contribution in [2.24, 2.45) is 0 Å². The van der Waals surface area contributed by atoms with Gasteiger partial charge in [0.05, 0.1) is 8.07 Å². The van der Waals surface area contributed by atoms with Gasteiger partial charge in [-0.25, -0.2) is 0 Å². The second-order valence-electron chi connectivity index (χ2n) is 11.3. The fourth-order valence-electron chi connectivity index (χ4n) is 6.26. The van der Waals surface area contributed by atoms with Crippen LogP contribution in [-0.4, -0.2) is 8.07 Å². The van der Waals surface area contributed by atoms with E-state index in [0.717, 1.165) is 32.6 Å². The number of hydrogen-bond donors (Lipinski definition) is 0. The van der Waals surface area contributed by atoms with Crippen molar-refractivity contribution in [3.8, 4) is 22.3 Å². The molecule has 1 heterocycles. The molecular formula is C35H29OPSi. The van der Waals surface area contributed by atoms with Crippen LogP contribution in [0.5, 0.6) is 0 Å². The zero-order valence-electron chi connectivity index (χ0n) is 21.9. The molecule has 0 bridgehead atoms. The SMILES string of the molecule is C[Si](C)(C)c1cc2ccccc2c2c1P(=O)(c1ccccc1)c1ccccc1-c1ccc3ccccc3c1-2. The van der Waals surface area contributed by atoms with Crippen molar-refractivity contribution in [1.29, 1.82) is 0 Å². The molecule has 0 radical (unpaired) electrons. The van der Waals surface area contributed by atoms with Gasteiger partial charge in [0.2, 0.25) is 0 Å². The van der Waals surface area contributed by atoms with Crippen LogP contribution in [0.2, 0.25) is 19.6 Å². The first-order valence-corrected chi connectivity index (χ1v) is 18.4. The first-order chi connectivity index (χ1) is 18.4. The first kappa shape index (κ1) is 23.4. The average Bonchev–Trinajstić information content (AvgIpc) is 3.05. The molecule has 1 unspecified atom stereocenters. The highest BCUT2D eigenvalue weighted by Crippen LogP contribution is 2.54. The van der Waals surface area contributed by atoms with Crippen molar-refractivity contribution in [2.45, 2.75) is 19.6 Å². The van der Waals surface area contributed by atoms with Gasteiger partial charge >= 0.3 is 0 Å². The number of rotatable bonds is 2. The van der Waals surface area contributed by atoms with E-state index in [1.807, 2.05) is 18.2 Å². The molecule has 1 aliphatic rings. The molecule has 0 N–H and O–H groups in total. The van der Waals surface area contributed by atoms with Crippen LogP contribution < -0.4 is 21.1 Å². The van der Waals surface area contributed by atoms with Crippen LogP contribution in [-0.2, 0) is 4.57 Å². The third-order valence-electron chi connectivity index (χ3n) is 7.98. The van der Waals surface area contributed by atoms with E-state index in [9.17, 15) is 0 Å². The monoisotopic (exact) mass is 524 g/mol. The Labute approximate surface area is 225 Å². The van der Waals surface area contributed by atoms with Crippen LogP contribution in [0.4, 0.5) is 0 Å². The van der Waals surface area contributed by atoms with Crippen molar-refractivity contribution in [3.63, 3.8) is 0 Å². The van der Waals surface area contributed by atoms with E-state index in [1.165, 1.54) is 32.3 Å². The molecule has 6 aromatic carbocycles. The fourth-order valence-corrected chi connectivity index (χ4v) is 12.3. The largest absolute Gasteiger partial charge is 0.309 e. The average molecular weight is 525 g/mol. The van der Waals surface area contributed by atoms with Gasteiger partial charge < -0.3 is 4.57 Å². The molecule has 0 fully saturated rings. The van der Waals surface area contributed by atoms with E-state index in [-0.39, 0.29) is 0 Å². The molecule has 1 atom stereocenters. The summed E-state index contributed by atoms with van der Waals surface area (Å²) in [7, 11) is -5.21. The van der Waals surface area contributed by atoms with E-state index >= 15 is 4.57 Å². The fraction of sp³-hybridized carbons (Fsp3) is 0.0857. The Morgan fingerprint density at radius 3 is 1.89 bits per heavy atom. The summed E-state index contributed by atoms with van der Waals surface area (Å²) in [6.45, 7) is 7.15. The molecule has 0 saturated heterocycles. The summed E-state index contributed by atoms with van der Waals surface area (Å²) in [5, 5.41) is 8.98. The minimum absolute atomic E-state index is 0.903. The third kappa shape index (κ3) is 3.27. The first-order valence-electron chi connectivity index (χ1n) is 13.2. The normalized spacial score (nSPS) is 16.5. The van der Waals surface area contributed by atoms with E-state index in [0.29, 0.717) is 0 Å². The van der Waals surface area contributed by atoms with Crippen LogP contribution in [0.25, 0.3) is 43.8 Å². The van der Waals surface area contributed by atoms with Crippen LogP contribution in [0.1, 0.15) is 0 Å². The van der Waals surface area contributed by atoms with Crippen molar-refractivity contribution in [1.82, 2.24) is 0 Å². The molecule has 1 nitrogen and oxygen atoms in total. The Morgan fingerprint density at radius 2 is 1.16 bits per heavy atom. The van der Waals surface area contributed by atoms with Gasteiger partial charge in [-0.3, -0.25) is 0 Å². The smallest absolute Gasteiger partial charge is 0.172 e. The Bertz CT molecular complexity index is 1930. The van der Waals surface area contributed by atoms with Gasteiger partial charge in [-0.15, -0.1) is 0 Å². The van der Waals surface area contributed by atoms with Crippen molar-refractivity contribution in [3.05, 3.63) is 121 Å². The van der Waals surface area contributed by atoms with Crippen LogP contribution in [0.15, 0.2) is 121 Å². The van der Waals surface area contributed by atoms with Crippen LogP contribution in [0.3, 0.4) is 0 Å². The minimum atomic E-state index is -3.25. The van der Waals surface area contributed by atoms with Gasteiger partial charge in [0.1, 0.15) is 0 Å². The minimum Gasteiger partial charge on any atom is -0.309 e. The second kappa shape index (κ2) is 8.40. The highest BCUT2D eigenvalue weighted by atomic mass is 31.2. The lowest BCUT2D eigenvalue weighted by Crippen LogP contribution is -2.49. The molecule has 3 heteroatoms. The van der Waals surface area contributed by atoms with Gasteiger partial charge in [0, 0.05) is 21.5 Å². The van der Waals surface area contributed by atoms with Gasteiger partial charge in [-0.1, -0.05) is 141 Å². The van der Waals surface area contributed by atoms with Gasteiger partial charge in [-0.2, -0.15) is 0 Å². The van der Waals surface area contributed by atoms with Gasteiger partial charge in [0.25, 0.3) is 0 Å².